The van der Waals surface area contributed by atoms with Crippen molar-refractivity contribution in [3.05, 3.63) is 30.1 Å². The van der Waals surface area contributed by atoms with Crippen molar-refractivity contribution in [3.63, 3.8) is 0 Å². The van der Waals surface area contributed by atoms with Crippen LogP contribution in [-0.2, 0) is 4.74 Å². The summed E-state index contributed by atoms with van der Waals surface area (Å²) in [5.74, 6) is 0. The molecular weight excluding hydrogens is 230 g/mol. The number of carbonyl (C=O) groups excluding carboxylic acids is 1. The minimum Gasteiger partial charge on any atom is -0.453 e. The molecule has 1 aliphatic rings. The molecule has 1 aromatic rings. The first-order chi connectivity index (χ1) is 8.72. The summed E-state index contributed by atoms with van der Waals surface area (Å²) in [5, 5.41) is 0. The van der Waals surface area contributed by atoms with E-state index in [2.05, 4.69) is 16.8 Å². The van der Waals surface area contributed by atoms with Crippen molar-refractivity contribution >= 4 is 6.09 Å². The number of carbonyl (C=O) groups is 1. The molecule has 2 rings (SSSR count). The summed E-state index contributed by atoms with van der Waals surface area (Å²) < 4.78 is 4.73. The molecule has 1 saturated heterocycles. The molecule has 0 N–H and O–H groups in total. The van der Waals surface area contributed by atoms with Crippen LogP contribution in [0.5, 0.6) is 0 Å². The molecule has 5 heteroatoms. The first-order valence-corrected chi connectivity index (χ1v) is 6.20. The number of methoxy groups -OCH3 is 1. The molecule has 98 valence electrons. The Labute approximate surface area is 107 Å². The van der Waals surface area contributed by atoms with Gasteiger partial charge in [-0.1, -0.05) is 6.07 Å². The van der Waals surface area contributed by atoms with Crippen LogP contribution in [0.2, 0.25) is 0 Å². The molecule has 0 bridgehead atoms. The van der Waals surface area contributed by atoms with Crippen LogP contribution in [0, 0.1) is 0 Å². The number of hydrogen-bond donors (Lipinski definition) is 0. The smallest absolute Gasteiger partial charge is 0.409 e. The van der Waals surface area contributed by atoms with Crippen molar-refractivity contribution in [1.82, 2.24) is 14.8 Å². The highest BCUT2D eigenvalue weighted by atomic mass is 16.5. The maximum Gasteiger partial charge on any atom is 0.409 e. The van der Waals surface area contributed by atoms with Gasteiger partial charge in [0.25, 0.3) is 0 Å². The number of piperazine rings is 1. The summed E-state index contributed by atoms with van der Waals surface area (Å²) >= 11 is 0. The molecule has 0 aliphatic carbocycles. The van der Waals surface area contributed by atoms with Crippen molar-refractivity contribution in [1.29, 1.82) is 0 Å². The summed E-state index contributed by atoms with van der Waals surface area (Å²) in [4.78, 5) is 19.8. The molecule has 1 aromatic heterocycles. The number of ether oxygens (including phenoxy) is 1. The van der Waals surface area contributed by atoms with Crippen molar-refractivity contribution < 1.29 is 9.53 Å². The lowest BCUT2D eigenvalue weighted by molar-refractivity contribution is 0.0770. The molecule has 1 atom stereocenters. The van der Waals surface area contributed by atoms with Crippen molar-refractivity contribution in [2.24, 2.45) is 0 Å². The predicted molar refractivity (Wildman–Crippen MR) is 68.2 cm³/mol. The Bertz CT molecular complexity index is 388. The van der Waals surface area contributed by atoms with E-state index in [1.54, 1.807) is 4.90 Å². The van der Waals surface area contributed by atoms with Crippen LogP contribution in [0.3, 0.4) is 0 Å². The molecule has 1 unspecified atom stereocenters. The molecule has 1 fully saturated rings. The fourth-order valence-corrected chi connectivity index (χ4v) is 2.23. The highest BCUT2D eigenvalue weighted by Crippen LogP contribution is 2.19. The summed E-state index contributed by atoms with van der Waals surface area (Å²) in [6.07, 6.45) is 1.58. The second-order valence-electron chi connectivity index (χ2n) is 4.42. The van der Waals surface area contributed by atoms with E-state index in [-0.39, 0.29) is 12.1 Å². The van der Waals surface area contributed by atoms with Gasteiger partial charge in [-0.3, -0.25) is 9.88 Å². The van der Waals surface area contributed by atoms with Gasteiger partial charge in [0.05, 0.1) is 12.8 Å². The molecule has 1 aliphatic heterocycles. The normalized spacial score (nSPS) is 18.4. The molecular formula is C13H19N3O2. The molecule has 0 saturated carbocycles. The third-order valence-electron chi connectivity index (χ3n) is 3.41. The third-order valence-corrected chi connectivity index (χ3v) is 3.41. The van der Waals surface area contributed by atoms with E-state index in [1.165, 1.54) is 7.11 Å². The summed E-state index contributed by atoms with van der Waals surface area (Å²) in [6, 6.07) is 6.25. The van der Waals surface area contributed by atoms with Gasteiger partial charge >= 0.3 is 6.09 Å². The summed E-state index contributed by atoms with van der Waals surface area (Å²) in [7, 11) is 1.42. The fourth-order valence-electron chi connectivity index (χ4n) is 2.23. The number of aromatic nitrogens is 1. The number of pyridine rings is 1. The van der Waals surface area contributed by atoms with Gasteiger partial charge in [-0.25, -0.2) is 4.79 Å². The van der Waals surface area contributed by atoms with E-state index in [9.17, 15) is 4.79 Å². The molecule has 0 aromatic carbocycles. The fraction of sp³-hybridized carbons (Fsp3) is 0.538. The van der Waals surface area contributed by atoms with E-state index in [0.717, 1.165) is 18.8 Å². The molecule has 0 radical (unpaired) electrons. The first-order valence-electron chi connectivity index (χ1n) is 6.20. The van der Waals surface area contributed by atoms with Gasteiger partial charge in [-0.05, 0) is 19.1 Å². The van der Waals surface area contributed by atoms with Crippen LogP contribution in [-0.4, -0.2) is 54.2 Å². The quantitative estimate of drug-likeness (QED) is 0.797. The zero-order valence-electron chi connectivity index (χ0n) is 10.9. The standard InChI is InChI=1S/C13H19N3O2/c1-11(12-5-3-4-6-14-12)15-7-9-16(10-8-15)13(17)18-2/h3-6,11H,7-10H2,1-2H3. The molecule has 0 spiro atoms. The average molecular weight is 249 g/mol. The van der Waals surface area contributed by atoms with E-state index in [0.29, 0.717) is 13.1 Å². The lowest BCUT2D eigenvalue weighted by atomic mass is 10.1. The highest BCUT2D eigenvalue weighted by Gasteiger charge is 2.25. The van der Waals surface area contributed by atoms with Gasteiger partial charge < -0.3 is 9.64 Å². The van der Waals surface area contributed by atoms with E-state index in [4.69, 9.17) is 4.74 Å². The highest BCUT2D eigenvalue weighted by molar-refractivity contribution is 5.67. The van der Waals surface area contributed by atoms with Gasteiger partial charge in [0.2, 0.25) is 0 Å². The molecule has 1 amide bonds. The number of rotatable bonds is 2. The van der Waals surface area contributed by atoms with Gasteiger partial charge in [0, 0.05) is 38.4 Å². The van der Waals surface area contributed by atoms with Gasteiger partial charge in [-0.15, -0.1) is 0 Å². The Balaban J connectivity index is 1.92. The van der Waals surface area contributed by atoms with Gasteiger partial charge in [0.1, 0.15) is 0 Å². The van der Waals surface area contributed by atoms with Crippen molar-refractivity contribution in [2.75, 3.05) is 33.3 Å². The predicted octanol–water partition coefficient (Wildman–Crippen LogP) is 1.53. The molecule has 5 nitrogen and oxygen atoms in total. The van der Waals surface area contributed by atoms with E-state index >= 15 is 0 Å². The van der Waals surface area contributed by atoms with Crippen molar-refractivity contribution in [3.8, 4) is 0 Å². The topological polar surface area (TPSA) is 45.7 Å². The monoisotopic (exact) mass is 249 g/mol. The number of hydrogen-bond acceptors (Lipinski definition) is 4. The number of amides is 1. The Morgan fingerprint density at radius 3 is 2.61 bits per heavy atom. The van der Waals surface area contributed by atoms with E-state index in [1.807, 2.05) is 24.4 Å². The first kappa shape index (κ1) is 12.8. The lowest BCUT2D eigenvalue weighted by Crippen LogP contribution is -2.49. The van der Waals surface area contributed by atoms with E-state index < -0.39 is 0 Å². The minimum absolute atomic E-state index is 0.236. The Kier molecular flexibility index (Phi) is 4.15. The Morgan fingerprint density at radius 2 is 2.06 bits per heavy atom. The van der Waals surface area contributed by atoms with Crippen LogP contribution in [0.25, 0.3) is 0 Å². The van der Waals surface area contributed by atoms with Crippen LogP contribution in [0.15, 0.2) is 24.4 Å². The van der Waals surface area contributed by atoms with Crippen LogP contribution in [0.1, 0.15) is 18.7 Å². The van der Waals surface area contributed by atoms with Gasteiger partial charge in [0.15, 0.2) is 0 Å². The second kappa shape index (κ2) is 5.82. The second-order valence-corrected chi connectivity index (χ2v) is 4.42. The third kappa shape index (κ3) is 2.79. The Morgan fingerprint density at radius 1 is 1.33 bits per heavy atom. The average Bonchev–Trinajstić information content (AvgIpc) is 2.47. The molecule has 18 heavy (non-hydrogen) atoms. The van der Waals surface area contributed by atoms with Crippen LogP contribution < -0.4 is 0 Å². The summed E-state index contributed by atoms with van der Waals surface area (Å²) in [5.41, 5.74) is 1.07. The van der Waals surface area contributed by atoms with Crippen molar-refractivity contribution in [2.45, 2.75) is 13.0 Å². The minimum atomic E-state index is -0.236. The molecule has 2 heterocycles. The maximum absolute atomic E-state index is 11.4. The zero-order chi connectivity index (χ0) is 13.0. The Hall–Kier alpha value is -1.62. The van der Waals surface area contributed by atoms with Crippen LogP contribution >= 0.6 is 0 Å². The summed E-state index contributed by atoms with van der Waals surface area (Å²) in [6.45, 7) is 5.28. The SMILES string of the molecule is COC(=O)N1CCN(C(C)c2ccccn2)CC1. The van der Waals surface area contributed by atoms with Gasteiger partial charge in [-0.2, -0.15) is 0 Å². The zero-order valence-corrected chi connectivity index (χ0v) is 10.9. The largest absolute Gasteiger partial charge is 0.453 e. The number of nitrogens with zero attached hydrogens (tertiary/aromatic N) is 3. The van der Waals surface area contributed by atoms with Crippen LogP contribution in [0.4, 0.5) is 4.79 Å². The maximum atomic E-state index is 11.4. The lowest BCUT2D eigenvalue weighted by Gasteiger charge is -2.37.